The minimum Gasteiger partial charge on any atom is -0.626 e. The van der Waals surface area contributed by atoms with Crippen LogP contribution in [0.3, 0.4) is 0 Å². The third-order valence-corrected chi connectivity index (χ3v) is 2.87. The first-order valence-electron chi connectivity index (χ1n) is 7.03. The van der Waals surface area contributed by atoms with Gasteiger partial charge in [0.25, 0.3) is 0 Å². The number of rotatable bonds is 6. The highest BCUT2D eigenvalue weighted by atomic mass is 16.5. The molecule has 0 aliphatic heterocycles. The van der Waals surface area contributed by atoms with Crippen molar-refractivity contribution in [2.75, 3.05) is 0 Å². The fourth-order valence-electron chi connectivity index (χ4n) is 1.48. The van der Waals surface area contributed by atoms with Gasteiger partial charge in [0.05, 0.1) is 18.1 Å². The summed E-state index contributed by atoms with van der Waals surface area (Å²) in [7, 11) is 0. The Bertz CT molecular complexity index is 389. The first kappa shape index (κ1) is 17.8. The van der Waals surface area contributed by atoms with Gasteiger partial charge in [-0.25, -0.2) is 0 Å². The Labute approximate surface area is 124 Å². The molecule has 0 bridgehead atoms. The van der Waals surface area contributed by atoms with E-state index in [9.17, 15) is 15.6 Å². The lowest BCUT2D eigenvalue weighted by Crippen LogP contribution is -3.09. The largest absolute Gasteiger partial charge is 0.626 e. The van der Waals surface area contributed by atoms with E-state index in [2.05, 4.69) is 15.0 Å². The van der Waals surface area contributed by atoms with E-state index in [1.165, 1.54) is 0 Å². The van der Waals surface area contributed by atoms with Crippen LogP contribution in [0.2, 0.25) is 0 Å². The molecule has 0 fully saturated rings. The summed E-state index contributed by atoms with van der Waals surface area (Å²) < 4.78 is 0. The predicted molar refractivity (Wildman–Crippen MR) is 77.2 cm³/mol. The second-order valence-electron chi connectivity index (χ2n) is 5.86. The molecule has 3 unspecified atom stereocenters. The number of hydrogen-bond acceptors (Lipinski definition) is 6. The van der Waals surface area contributed by atoms with Crippen molar-refractivity contribution in [3.05, 3.63) is 15.6 Å². The smallest absolute Gasteiger partial charge is 0.340 e. The van der Waals surface area contributed by atoms with E-state index in [0.29, 0.717) is 0 Å². The quantitative estimate of drug-likeness (QED) is 0.530. The summed E-state index contributed by atoms with van der Waals surface area (Å²) in [4.78, 5) is 11.8. The van der Waals surface area contributed by atoms with Crippen molar-refractivity contribution in [3.63, 3.8) is 0 Å². The first-order chi connectivity index (χ1) is 9.65. The summed E-state index contributed by atoms with van der Waals surface area (Å²) in [5.74, 6) is -0.353. The molecule has 0 saturated heterocycles. The van der Waals surface area contributed by atoms with E-state index in [0.717, 1.165) is 0 Å². The van der Waals surface area contributed by atoms with Crippen LogP contribution >= 0.6 is 0 Å². The van der Waals surface area contributed by atoms with Crippen molar-refractivity contribution in [1.29, 1.82) is 0 Å². The topological polar surface area (TPSA) is 121 Å². The molecule has 0 radical (unpaired) electrons. The molecule has 3 atom stereocenters. The fourth-order valence-corrected chi connectivity index (χ4v) is 1.48. The number of hydrogen-bond donors (Lipinski definition) is 3. The molecule has 9 heteroatoms. The van der Waals surface area contributed by atoms with Gasteiger partial charge in [0, 0.05) is 0 Å². The van der Waals surface area contributed by atoms with Crippen molar-refractivity contribution in [1.82, 2.24) is 15.0 Å². The van der Waals surface area contributed by atoms with E-state index >= 15 is 0 Å². The highest BCUT2D eigenvalue weighted by molar-refractivity contribution is 5.21. The summed E-state index contributed by atoms with van der Waals surface area (Å²) in [5.41, 5.74) is 0. The van der Waals surface area contributed by atoms with Crippen molar-refractivity contribution >= 4 is 17.8 Å². The molecule has 0 saturated carbocycles. The van der Waals surface area contributed by atoms with Crippen LogP contribution in [0.1, 0.15) is 41.5 Å². The number of hydroxylamine groups is 3. The summed E-state index contributed by atoms with van der Waals surface area (Å²) >= 11 is 0. The summed E-state index contributed by atoms with van der Waals surface area (Å²) in [6.07, 6.45) is 0. The Morgan fingerprint density at radius 1 is 0.571 bits per heavy atom. The van der Waals surface area contributed by atoms with E-state index < -0.39 is 0 Å². The van der Waals surface area contributed by atoms with Crippen molar-refractivity contribution in [2.24, 2.45) is 0 Å². The molecule has 9 nitrogen and oxygen atoms in total. The molecule has 21 heavy (non-hydrogen) atoms. The average molecular weight is 300 g/mol. The fraction of sp³-hybridized carbons (Fsp3) is 0.750. The number of quaternary nitrogens is 3. The average Bonchev–Trinajstić information content (AvgIpc) is 2.43. The zero-order valence-electron chi connectivity index (χ0n) is 13.3. The number of nitrogens with zero attached hydrogens (tertiary/aromatic N) is 3. The normalized spacial score (nSPS) is 16.6. The van der Waals surface area contributed by atoms with Crippen LogP contribution in [0.4, 0.5) is 17.8 Å². The molecule has 1 rings (SSSR count). The lowest BCUT2D eigenvalue weighted by molar-refractivity contribution is -0.825. The van der Waals surface area contributed by atoms with Crippen LogP contribution in [0.25, 0.3) is 0 Å². The van der Waals surface area contributed by atoms with Crippen LogP contribution in [0.15, 0.2) is 0 Å². The van der Waals surface area contributed by atoms with Crippen molar-refractivity contribution < 1.29 is 15.2 Å². The van der Waals surface area contributed by atoms with E-state index in [4.69, 9.17) is 0 Å². The molecule has 0 spiro atoms. The third kappa shape index (κ3) is 4.37. The van der Waals surface area contributed by atoms with Gasteiger partial charge in [0.15, 0.2) is 0 Å². The standard InChI is InChI=1S/C12H24N6O3/c1-7(2)16(19)10-13-11(17(20)8(3)4)15-12(14-10)18(21)9(5)6/h7-9,16-18H,1-6H3. The van der Waals surface area contributed by atoms with Crippen molar-refractivity contribution in [3.8, 4) is 0 Å². The number of aromatic nitrogens is 3. The van der Waals surface area contributed by atoms with Gasteiger partial charge in [-0.2, -0.15) is 0 Å². The SMILES string of the molecule is CC(C)[NH+]([O-])c1nc([NH+]([O-])C(C)C)nc([NH+]([O-])C(C)C)n1. The summed E-state index contributed by atoms with van der Waals surface area (Å²) in [6, 6.07) is -0.968. The molecule has 120 valence electrons. The molecule has 1 aromatic heterocycles. The third-order valence-electron chi connectivity index (χ3n) is 2.87. The number of nitrogens with one attached hydrogen (secondary N) is 3. The second kappa shape index (κ2) is 7.16. The lowest BCUT2D eigenvalue weighted by atomic mass is 10.4. The molecule has 3 N–H and O–H groups in total. The maximum atomic E-state index is 12.1. The highest BCUT2D eigenvalue weighted by Crippen LogP contribution is 2.01. The van der Waals surface area contributed by atoms with Crippen LogP contribution < -0.4 is 15.2 Å². The van der Waals surface area contributed by atoms with Gasteiger partial charge >= 0.3 is 17.8 Å². The van der Waals surface area contributed by atoms with Crippen LogP contribution in [0, 0.1) is 15.6 Å². The first-order valence-corrected chi connectivity index (χ1v) is 7.03. The minimum absolute atomic E-state index is 0.118. The van der Waals surface area contributed by atoms with Gasteiger partial charge < -0.3 is 30.8 Å². The summed E-state index contributed by atoms with van der Waals surface area (Å²) in [6.45, 7) is 10.3. The van der Waals surface area contributed by atoms with Gasteiger partial charge in [-0.05, 0) is 41.5 Å². The van der Waals surface area contributed by atoms with Crippen molar-refractivity contribution in [2.45, 2.75) is 59.7 Å². The zero-order valence-corrected chi connectivity index (χ0v) is 13.3. The Hall–Kier alpha value is -1.23. The Kier molecular flexibility index (Phi) is 6.08. The summed E-state index contributed by atoms with van der Waals surface area (Å²) in [5, 5.41) is 35.2. The monoisotopic (exact) mass is 300 g/mol. The van der Waals surface area contributed by atoms with Crippen LogP contribution in [0.5, 0.6) is 0 Å². The Balaban J connectivity index is 3.32. The van der Waals surface area contributed by atoms with Gasteiger partial charge in [0.2, 0.25) is 0 Å². The van der Waals surface area contributed by atoms with Gasteiger partial charge in [-0.15, -0.1) is 15.0 Å². The van der Waals surface area contributed by atoms with E-state index in [1.54, 1.807) is 41.5 Å². The molecular weight excluding hydrogens is 276 g/mol. The molecule has 0 aliphatic carbocycles. The highest BCUT2D eigenvalue weighted by Gasteiger charge is 2.23. The van der Waals surface area contributed by atoms with Crippen LogP contribution in [-0.4, -0.2) is 33.1 Å². The molecular formula is C12H24N6O3. The van der Waals surface area contributed by atoms with Gasteiger partial charge in [-0.3, -0.25) is 0 Å². The Morgan fingerprint density at radius 2 is 0.762 bits per heavy atom. The van der Waals surface area contributed by atoms with Gasteiger partial charge in [-0.1, -0.05) is 0 Å². The van der Waals surface area contributed by atoms with E-state index in [1.807, 2.05) is 0 Å². The molecule has 1 aromatic rings. The predicted octanol–water partition coefficient (Wildman–Crippen LogP) is -1.86. The zero-order chi connectivity index (χ0) is 16.3. The molecule has 0 aromatic carbocycles. The lowest BCUT2D eigenvalue weighted by Gasteiger charge is -2.29. The molecule has 0 amide bonds. The maximum Gasteiger partial charge on any atom is 0.340 e. The van der Waals surface area contributed by atoms with Crippen LogP contribution in [-0.2, 0) is 0 Å². The molecule has 0 aliphatic rings. The molecule has 1 heterocycles. The minimum atomic E-state index is -0.323. The maximum absolute atomic E-state index is 12.1. The van der Waals surface area contributed by atoms with Gasteiger partial charge in [0.1, 0.15) is 0 Å². The van der Waals surface area contributed by atoms with E-state index in [-0.39, 0.29) is 51.2 Å². The second-order valence-corrected chi connectivity index (χ2v) is 5.86. The Morgan fingerprint density at radius 3 is 0.905 bits per heavy atom.